The summed E-state index contributed by atoms with van der Waals surface area (Å²) in [5.74, 6) is 1.99. The van der Waals surface area contributed by atoms with E-state index in [2.05, 4.69) is 24.1 Å². The van der Waals surface area contributed by atoms with Crippen molar-refractivity contribution >= 4 is 0 Å². The Morgan fingerprint density at radius 3 is 2.89 bits per heavy atom. The van der Waals surface area contributed by atoms with Crippen LogP contribution in [0.5, 0.6) is 0 Å². The fraction of sp³-hybridized carbons (Fsp3) is 0.733. The number of furan rings is 1. The first-order chi connectivity index (χ1) is 8.79. The van der Waals surface area contributed by atoms with E-state index in [1.165, 1.54) is 25.8 Å². The van der Waals surface area contributed by atoms with Crippen LogP contribution < -0.4 is 5.32 Å². The summed E-state index contributed by atoms with van der Waals surface area (Å²) in [7, 11) is 0. The quantitative estimate of drug-likeness (QED) is 0.768. The predicted octanol–water partition coefficient (Wildman–Crippen LogP) is 3.05. The number of rotatable bonds is 8. The molecular weight excluding hydrogens is 224 g/mol. The van der Waals surface area contributed by atoms with Crippen LogP contribution in [-0.4, -0.2) is 31.1 Å². The van der Waals surface area contributed by atoms with Gasteiger partial charge >= 0.3 is 0 Å². The molecule has 0 amide bonds. The van der Waals surface area contributed by atoms with Crippen molar-refractivity contribution < 1.29 is 4.42 Å². The summed E-state index contributed by atoms with van der Waals surface area (Å²) in [6, 6.07) is 4.29. The second-order valence-corrected chi connectivity index (χ2v) is 5.38. The summed E-state index contributed by atoms with van der Waals surface area (Å²) in [5.41, 5.74) is 0. The van der Waals surface area contributed by atoms with Crippen LogP contribution in [0.25, 0.3) is 0 Å². The van der Waals surface area contributed by atoms with Crippen molar-refractivity contribution in [3.63, 3.8) is 0 Å². The number of likely N-dealkylation sites (N-methyl/N-ethyl adjacent to an activating group) is 1. The molecule has 2 rings (SSSR count). The van der Waals surface area contributed by atoms with Crippen LogP contribution >= 0.6 is 0 Å². The van der Waals surface area contributed by atoms with Crippen LogP contribution in [0, 0.1) is 5.92 Å². The van der Waals surface area contributed by atoms with E-state index in [0.717, 1.165) is 31.3 Å². The molecule has 0 aromatic carbocycles. The Balaban J connectivity index is 1.63. The second kappa shape index (κ2) is 6.95. The van der Waals surface area contributed by atoms with Crippen LogP contribution in [0.3, 0.4) is 0 Å². The molecule has 1 aliphatic rings. The van der Waals surface area contributed by atoms with Crippen molar-refractivity contribution in [1.82, 2.24) is 10.2 Å². The molecule has 1 aromatic heterocycles. The molecule has 1 saturated carbocycles. The Labute approximate surface area is 111 Å². The monoisotopic (exact) mass is 250 g/mol. The second-order valence-electron chi connectivity index (χ2n) is 5.38. The number of hydrogen-bond acceptors (Lipinski definition) is 3. The summed E-state index contributed by atoms with van der Waals surface area (Å²) in [5, 5.41) is 3.52. The zero-order valence-electron chi connectivity index (χ0n) is 11.7. The zero-order valence-corrected chi connectivity index (χ0v) is 11.7. The molecule has 18 heavy (non-hydrogen) atoms. The Bertz CT molecular complexity index is 319. The average molecular weight is 250 g/mol. The average Bonchev–Trinajstić information content (AvgIpc) is 2.84. The van der Waals surface area contributed by atoms with Gasteiger partial charge in [0.2, 0.25) is 0 Å². The van der Waals surface area contributed by atoms with E-state index in [0.29, 0.717) is 6.04 Å². The van der Waals surface area contributed by atoms with Gasteiger partial charge in [0.1, 0.15) is 5.76 Å². The van der Waals surface area contributed by atoms with Crippen molar-refractivity contribution in [1.29, 1.82) is 0 Å². The maximum absolute atomic E-state index is 5.39. The van der Waals surface area contributed by atoms with E-state index >= 15 is 0 Å². The highest BCUT2D eigenvalue weighted by molar-refractivity contribution is 5.02. The molecule has 1 atom stereocenters. The number of hydrogen-bond donors (Lipinski definition) is 1. The van der Waals surface area contributed by atoms with Crippen LogP contribution in [0.1, 0.15) is 44.9 Å². The molecule has 0 bridgehead atoms. The molecular formula is C15H26N2O. The lowest BCUT2D eigenvalue weighted by molar-refractivity contribution is 0.183. The van der Waals surface area contributed by atoms with Crippen LogP contribution in [0.2, 0.25) is 0 Å². The fourth-order valence-electron chi connectivity index (χ4n) is 2.50. The van der Waals surface area contributed by atoms with Gasteiger partial charge in [0, 0.05) is 19.6 Å². The highest BCUT2D eigenvalue weighted by atomic mass is 16.3. The van der Waals surface area contributed by atoms with Gasteiger partial charge in [-0.15, -0.1) is 0 Å². The van der Waals surface area contributed by atoms with E-state index in [9.17, 15) is 0 Å². The summed E-state index contributed by atoms with van der Waals surface area (Å²) >= 11 is 0. The molecule has 1 unspecified atom stereocenters. The first kappa shape index (κ1) is 13.6. The lowest BCUT2D eigenvalue weighted by Gasteiger charge is -2.32. The smallest absolute Gasteiger partial charge is 0.120 e. The third-order valence-corrected chi connectivity index (χ3v) is 4.04. The van der Waals surface area contributed by atoms with Gasteiger partial charge in [-0.05, 0) is 44.4 Å². The van der Waals surface area contributed by atoms with Crippen molar-refractivity contribution in [3.8, 4) is 0 Å². The fourth-order valence-corrected chi connectivity index (χ4v) is 2.50. The normalized spacial score (nSPS) is 17.9. The van der Waals surface area contributed by atoms with Gasteiger partial charge in [0.15, 0.2) is 0 Å². The summed E-state index contributed by atoms with van der Waals surface area (Å²) in [6.45, 7) is 9.02. The molecule has 1 heterocycles. The summed E-state index contributed by atoms with van der Waals surface area (Å²) < 4.78 is 5.39. The van der Waals surface area contributed by atoms with E-state index in [-0.39, 0.29) is 0 Å². The molecule has 0 spiro atoms. The van der Waals surface area contributed by atoms with Gasteiger partial charge < -0.3 is 14.6 Å². The SMILES string of the molecule is CCN(CCNC(C)c1ccco1)CC1CCC1. The lowest BCUT2D eigenvalue weighted by atomic mass is 9.85. The summed E-state index contributed by atoms with van der Waals surface area (Å²) in [6.07, 6.45) is 6.05. The molecule has 0 radical (unpaired) electrons. The maximum atomic E-state index is 5.39. The van der Waals surface area contributed by atoms with E-state index in [1.54, 1.807) is 6.26 Å². The first-order valence-corrected chi connectivity index (χ1v) is 7.28. The van der Waals surface area contributed by atoms with Crippen LogP contribution in [-0.2, 0) is 0 Å². The first-order valence-electron chi connectivity index (χ1n) is 7.28. The van der Waals surface area contributed by atoms with Gasteiger partial charge in [-0.3, -0.25) is 0 Å². The Kier molecular flexibility index (Phi) is 5.26. The number of nitrogens with one attached hydrogen (secondary N) is 1. The molecule has 1 fully saturated rings. The minimum Gasteiger partial charge on any atom is -0.468 e. The van der Waals surface area contributed by atoms with Crippen molar-refractivity contribution in [2.24, 2.45) is 5.92 Å². The van der Waals surface area contributed by atoms with Gasteiger partial charge in [0.25, 0.3) is 0 Å². The standard InChI is InChI=1S/C15H26N2O/c1-3-17(12-14-6-4-7-14)10-9-16-13(2)15-8-5-11-18-15/h5,8,11,13-14,16H,3-4,6-7,9-10,12H2,1-2H3. The van der Waals surface area contributed by atoms with Crippen LogP contribution in [0.4, 0.5) is 0 Å². The summed E-state index contributed by atoms with van der Waals surface area (Å²) in [4.78, 5) is 2.56. The van der Waals surface area contributed by atoms with Crippen molar-refractivity contribution in [2.75, 3.05) is 26.2 Å². The van der Waals surface area contributed by atoms with Crippen molar-refractivity contribution in [3.05, 3.63) is 24.2 Å². The van der Waals surface area contributed by atoms with Crippen LogP contribution in [0.15, 0.2) is 22.8 Å². The third-order valence-electron chi connectivity index (χ3n) is 4.04. The highest BCUT2D eigenvalue weighted by Gasteiger charge is 2.19. The maximum Gasteiger partial charge on any atom is 0.120 e. The van der Waals surface area contributed by atoms with E-state index in [4.69, 9.17) is 4.42 Å². The van der Waals surface area contributed by atoms with Gasteiger partial charge in [-0.2, -0.15) is 0 Å². The topological polar surface area (TPSA) is 28.4 Å². The largest absolute Gasteiger partial charge is 0.468 e. The minimum absolute atomic E-state index is 0.308. The van der Waals surface area contributed by atoms with Gasteiger partial charge in [-0.1, -0.05) is 13.3 Å². The third kappa shape index (κ3) is 3.85. The predicted molar refractivity (Wildman–Crippen MR) is 74.6 cm³/mol. The lowest BCUT2D eigenvalue weighted by Crippen LogP contribution is -2.37. The molecule has 3 heteroatoms. The molecule has 0 aliphatic heterocycles. The van der Waals surface area contributed by atoms with E-state index < -0.39 is 0 Å². The Hall–Kier alpha value is -0.800. The van der Waals surface area contributed by atoms with E-state index in [1.807, 2.05) is 12.1 Å². The molecule has 1 aliphatic carbocycles. The molecule has 3 nitrogen and oxygen atoms in total. The van der Waals surface area contributed by atoms with Crippen molar-refractivity contribution in [2.45, 2.75) is 39.2 Å². The van der Waals surface area contributed by atoms with Gasteiger partial charge in [-0.25, -0.2) is 0 Å². The van der Waals surface area contributed by atoms with Gasteiger partial charge in [0.05, 0.1) is 12.3 Å². The minimum atomic E-state index is 0.308. The Morgan fingerprint density at radius 1 is 1.50 bits per heavy atom. The number of nitrogens with zero attached hydrogens (tertiary/aromatic N) is 1. The molecule has 0 saturated heterocycles. The molecule has 102 valence electrons. The zero-order chi connectivity index (χ0) is 12.8. The molecule has 1 N–H and O–H groups in total. The molecule has 1 aromatic rings. The highest BCUT2D eigenvalue weighted by Crippen LogP contribution is 2.26. The Morgan fingerprint density at radius 2 is 2.33 bits per heavy atom.